The minimum Gasteiger partial charge on any atom is -0.271 e. The maximum atomic E-state index is 11.1. The largest absolute Gasteiger partial charge is 0.271 e. The van der Waals surface area contributed by atoms with Gasteiger partial charge in [0.05, 0.1) is 10.8 Å². The molecule has 0 fully saturated rings. The third-order valence-electron chi connectivity index (χ3n) is 2.32. The normalized spacial score (nSPS) is 13.6. The van der Waals surface area contributed by atoms with E-state index in [0.29, 0.717) is 11.4 Å². The van der Waals surface area contributed by atoms with Crippen molar-refractivity contribution in [1.29, 1.82) is 0 Å². The summed E-state index contributed by atoms with van der Waals surface area (Å²) in [4.78, 5) is 0. The predicted molar refractivity (Wildman–Crippen MR) is 73.5 cm³/mol. The van der Waals surface area contributed by atoms with Crippen LogP contribution in [0.2, 0.25) is 5.02 Å². The number of sulfone groups is 1. The van der Waals surface area contributed by atoms with Crippen LogP contribution < -0.4 is 11.3 Å². The molecule has 0 amide bonds. The average Bonchev–Trinajstić information content (AvgIpc) is 2.22. The molecular formula is C10H14BrClN2O2S. The Morgan fingerprint density at radius 1 is 1.53 bits per heavy atom. The lowest BCUT2D eigenvalue weighted by molar-refractivity contribution is 0.531. The van der Waals surface area contributed by atoms with E-state index in [1.807, 2.05) is 12.1 Å². The first-order valence-electron chi connectivity index (χ1n) is 4.92. The summed E-state index contributed by atoms with van der Waals surface area (Å²) < 4.78 is 23.0. The number of hydrazine groups is 1. The molecule has 0 aromatic heterocycles. The highest BCUT2D eigenvalue weighted by Crippen LogP contribution is 2.27. The summed E-state index contributed by atoms with van der Waals surface area (Å²) in [6.45, 7) is 0. The van der Waals surface area contributed by atoms with E-state index in [2.05, 4.69) is 21.4 Å². The first kappa shape index (κ1) is 14.9. The molecule has 0 aliphatic rings. The molecular weight excluding hydrogens is 328 g/mol. The van der Waals surface area contributed by atoms with Crippen molar-refractivity contribution in [1.82, 2.24) is 5.43 Å². The van der Waals surface area contributed by atoms with Gasteiger partial charge in [-0.1, -0.05) is 17.7 Å². The molecule has 1 unspecified atom stereocenters. The molecule has 0 saturated carbocycles. The van der Waals surface area contributed by atoms with Crippen molar-refractivity contribution < 1.29 is 8.42 Å². The molecule has 0 radical (unpaired) electrons. The fraction of sp³-hybridized carbons (Fsp3) is 0.400. The number of halogens is 2. The van der Waals surface area contributed by atoms with E-state index in [1.165, 1.54) is 6.26 Å². The first-order chi connectivity index (χ1) is 7.83. The third kappa shape index (κ3) is 4.93. The summed E-state index contributed by atoms with van der Waals surface area (Å²) in [6.07, 6.45) is 1.61. The van der Waals surface area contributed by atoms with Crippen molar-refractivity contribution in [3.63, 3.8) is 0 Å². The number of nitrogens with two attached hydrogens (primary N) is 1. The van der Waals surface area contributed by atoms with Gasteiger partial charge >= 0.3 is 0 Å². The molecule has 7 heteroatoms. The molecule has 1 atom stereocenters. The van der Waals surface area contributed by atoms with Crippen LogP contribution in [0, 0.1) is 0 Å². The van der Waals surface area contributed by atoms with Crippen LogP contribution in [0.25, 0.3) is 0 Å². The van der Waals surface area contributed by atoms with Gasteiger partial charge in [0.1, 0.15) is 9.84 Å². The maximum absolute atomic E-state index is 11.1. The van der Waals surface area contributed by atoms with Crippen molar-refractivity contribution >= 4 is 37.4 Å². The minimum absolute atomic E-state index is 0.0789. The van der Waals surface area contributed by atoms with Crippen LogP contribution in [-0.2, 0) is 9.84 Å². The van der Waals surface area contributed by atoms with Crippen LogP contribution in [0.3, 0.4) is 0 Å². The molecule has 0 saturated heterocycles. The van der Waals surface area contributed by atoms with Crippen LogP contribution >= 0.6 is 27.5 Å². The van der Waals surface area contributed by atoms with Gasteiger partial charge in [-0.15, -0.1) is 0 Å². The zero-order chi connectivity index (χ0) is 13.1. The summed E-state index contributed by atoms with van der Waals surface area (Å²) in [6, 6.07) is 5.19. The zero-order valence-corrected chi connectivity index (χ0v) is 12.4. The Kier molecular flexibility index (Phi) is 5.40. The van der Waals surface area contributed by atoms with Crippen LogP contribution in [-0.4, -0.2) is 20.4 Å². The average molecular weight is 342 g/mol. The lowest BCUT2D eigenvalue weighted by Crippen LogP contribution is -2.29. The van der Waals surface area contributed by atoms with Gasteiger partial charge in [0.15, 0.2) is 0 Å². The molecule has 0 spiro atoms. The zero-order valence-electron chi connectivity index (χ0n) is 9.28. The molecule has 1 aromatic rings. The number of hydrogen-bond acceptors (Lipinski definition) is 4. The van der Waals surface area contributed by atoms with Gasteiger partial charge in [-0.3, -0.25) is 11.3 Å². The van der Waals surface area contributed by atoms with Gasteiger partial charge in [0.25, 0.3) is 0 Å². The van der Waals surface area contributed by atoms with E-state index in [4.69, 9.17) is 17.4 Å². The quantitative estimate of drug-likeness (QED) is 0.635. The highest BCUT2D eigenvalue weighted by atomic mass is 79.9. The maximum Gasteiger partial charge on any atom is 0.147 e. The molecule has 4 nitrogen and oxygen atoms in total. The topological polar surface area (TPSA) is 72.2 Å². The standard InChI is InChI=1S/C10H14BrClN2O2S/c1-17(15,16)5-4-10(14-13)7-2-3-8(11)9(12)6-7/h2-3,6,10,14H,4-5,13H2,1H3. The summed E-state index contributed by atoms with van der Waals surface area (Å²) >= 11 is 9.26. The fourth-order valence-corrected chi connectivity index (χ4v) is 2.51. The Labute approximate surface area is 115 Å². The number of rotatable bonds is 5. The lowest BCUT2D eigenvalue weighted by Gasteiger charge is -2.16. The van der Waals surface area contributed by atoms with E-state index < -0.39 is 9.84 Å². The van der Waals surface area contributed by atoms with Gasteiger partial charge in [0, 0.05) is 16.8 Å². The third-order valence-corrected chi connectivity index (χ3v) is 4.53. The summed E-state index contributed by atoms with van der Waals surface area (Å²) in [5.41, 5.74) is 3.46. The Balaban J connectivity index is 2.83. The molecule has 3 N–H and O–H groups in total. The SMILES string of the molecule is CS(=O)(=O)CCC(NN)c1ccc(Br)c(Cl)c1. The highest BCUT2D eigenvalue weighted by Gasteiger charge is 2.14. The van der Waals surface area contributed by atoms with Crippen LogP contribution in [0.5, 0.6) is 0 Å². The summed E-state index contributed by atoms with van der Waals surface area (Å²) in [5, 5.41) is 0.571. The minimum atomic E-state index is -2.99. The second kappa shape index (κ2) is 6.15. The number of nitrogens with one attached hydrogen (secondary N) is 1. The molecule has 0 aliphatic carbocycles. The van der Waals surface area contributed by atoms with Crippen LogP contribution in [0.4, 0.5) is 0 Å². The van der Waals surface area contributed by atoms with Gasteiger partial charge in [0.2, 0.25) is 0 Å². The molecule has 1 rings (SSSR count). The van der Waals surface area contributed by atoms with Gasteiger partial charge < -0.3 is 0 Å². The van der Waals surface area contributed by atoms with Crippen molar-refractivity contribution in [2.75, 3.05) is 12.0 Å². The van der Waals surface area contributed by atoms with E-state index in [9.17, 15) is 8.42 Å². The highest BCUT2D eigenvalue weighted by molar-refractivity contribution is 9.10. The molecule has 17 heavy (non-hydrogen) atoms. The van der Waals surface area contributed by atoms with Crippen molar-refractivity contribution in [2.24, 2.45) is 5.84 Å². The number of hydrogen-bond donors (Lipinski definition) is 2. The Bertz CT molecular complexity index is 493. The van der Waals surface area contributed by atoms with Gasteiger partial charge in [-0.2, -0.15) is 0 Å². The second-order valence-corrected chi connectivity index (χ2v) is 7.33. The number of benzene rings is 1. The predicted octanol–water partition coefficient (Wildman–Crippen LogP) is 2.04. The fourth-order valence-electron chi connectivity index (χ4n) is 1.41. The first-order valence-corrected chi connectivity index (χ1v) is 8.15. The lowest BCUT2D eigenvalue weighted by atomic mass is 10.1. The van der Waals surface area contributed by atoms with E-state index >= 15 is 0 Å². The molecule has 1 aromatic carbocycles. The van der Waals surface area contributed by atoms with Gasteiger partial charge in [-0.25, -0.2) is 8.42 Å². The smallest absolute Gasteiger partial charge is 0.147 e. The van der Waals surface area contributed by atoms with Crippen LogP contribution in [0.1, 0.15) is 18.0 Å². The molecule has 0 aliphatic heterocycles. The van der Waals surface area contributed by atoms with Crippen molar-refractivity contribution in [2.45, 2.75) is 12.5 Å². The monoisotopic (exact) mass is 340 g/mol. The molecule has 0 heterocycles. The Morgan fingerprint density at radius 2 is 2.18 bits per heavy atom. The molecule has 0 bridgehead atoms. The van der Waals surface area contributed by atoms with Crippen molar-refractivity contribution in [3.05, 3.63) is 33.3 Å². The summed E-state index contributed by atoms with van der Waals surface area (Å²) in [7, 11) is -2.99. The Hall–Kier alpha value is -0.140. The Morgan fingerprint density at radius 3 is 2.65 bits per heavy atom. The summed E-state index contributed by atoms with van der Waals surface area (Å²) in [5.74, 6) is 5.50. The van der Waals surface area contributed by atoms with Crippen molar-refractivity contribution in [3.8, 4) is 0 Å². The van der Waals surface area contributed by atoms with Gasteiger partial charge in [-0.05, 0) is 40.0 Å². The second-order valence-electron chi connectivity index (χ2n) is 3.81. The van der Waals surface area contributed by atoms with E-state index in [1.54, 1.807) is 6.07 Å². The van der Waals surface area contributed by atoms with E-state index in [0.717, 1.165) is 10.0 Å². The molecule has 96 valence electrons. The van der Waals surface area contributed by atoms with Crippen LogP contribution in [0.15, 0.2) is 22.7 Å². The van der Waals surface area contributed by atoms with E-state index in [-0.39, 0.29) is 11.8 Å².